The van der Waals surface area contributed by atoms with Crippen LogP contribution in [0.4, 0.5) is 8.78 Å². The van der Waals surface area contributed by atoms with Gasteiger partial charge < -0.3 is 4.90 Å². The number of amides is 1. The van der Waals surface area contributed by atoms with Crippen molar-refractivity contribution in [1.82, 2.24) is 9.80 Å². The molecule has 1 heterocycles. The molecule has 0 saturated carbocycles. The fourth-order valence-corrected chi connectivity index (χ4v) is 3.36. The van der Waals surface area contributed by atoms with Crippen LogP contribution in [-0.2, 0) is 11.3 Å². The van der Waals surface area contributed by atoms with Crippen molar-refractivity contribution >= 4 is 23.6 Å². The second-order valence-corrected chi connectivity index (χ2v) is 7.17. The zero-order valence-corrected chi connectivity index (χ0v) is 15.8. The highest BCUT2D eigenvalue weighted by Crippen LogP contribution is 2.17. The molecule has 1 fully saturated rings. The molecule has 0 aliphatic carbocycles. The lowest BCUT2D eigenvalue weighted by atomic mass is 10.1. The van der Waals surface area contributed by atoms with Crippen LogP contribution in [0.3, 0.4) is 0 Å². The third kappa shape index (κ3) is 5.15. The summed E-state index contributed by atoms with van der Waals surface area (Å²) in [5, 5.41) is 0.654. The Labute approximate surface area is 162 Å². The van der Waals surface area contributed by atoms with E-state index in [1.54, 1.807) is 24.3 Å². The van der Waals surface area contributed by atoms with Crippen molar-refractivity contribution in [3.63, 3.8) is 0 Å². The van der Waals surface area contributed by atoms with E-state index in [-0.39, 0.29) is 11.9 Å². The highest BCUT2D eigenvalue weighted by atomic mass is 35.5. The van der Waals surface area contributed by atoms with Gasteiger partial charge in [0.1, 0.15) is 11.6 Å². The second-order valence-electron chi connectivity index (χ2n) is 6.74. The quantitative estimate of drug-likeness (QED) is 0.724. The minimum atomic E-state index is -0.576. The average molecular weight is 391 g/mol. The molecular weight excluding hydrogens is 370 g/mol. The van der Waals surface area contributed by atoms with E-state index in [9.17, 15) is 13.6 Å². The zero-order chi connectivity index (χ0) is 19.4. The van der Waals surface area contributed by atoms with E-state index >= 15 is 0 Å². The summed E-state index contributed by atoms with van der Waals surface area (Å²) < 4.78 is 26.9. The fourth-order valence-electron chi connectivity index (χ4n) is 3.23. The Morgan fingerprint density at radius 2 is 1.93 bits per heavy atom. The van der Waals surface area contributed by atoms with Crippen LogP contribution >= 0.6 is 11.6 Å². The predicted molar refractivity (Wildman–Crippen MR) is 103 cm³/mol. The molecule has 1 saturated heterocycles. The van der Waals surface area contributed by atoms with Gasteiger partial charge in [-0.1, -0.05) is 29.8 Å². The molecule has 6 heteroatoms. The number of rotatable bonds is 4. The fraction of sp³-hybridized carbons (Fsp3) is 0.286. The molecule has 3 rings (SSSR count). The van der Waals surface area contributed by atoms with Crippen LogP contribution in [0.25, 0.3) is 6.08 Å². The molecule has 1 aliphatic heterocycles. The summed E-state index contributed by atoms with van der Waals surface area (Å²) in [5.41, 5.74) is 1.37. The summed E-state index contributed by atoms with van der Waals surface area (Å²) in [6.45, 7) is 4.22. The number of piperazine rings is 1. The van der Waals surface area contributed by atoms with Crippen LogP contribution in [-0.4, -0.2) is 41.4 Å². The molecule has 0 spiro atoms. The highest BCUT2D eigenvalue weighted by Gasteiger charge is 2.26. The van der Waals surface area contributed by atoms with E-state index in [0.29, 0.717) is 36.8 Å². The number of nitrogens with zero attached hydrogens (tertiary/aromatic N) is 2. The van der Waals surface area contributed by atoms with E-state index in [4.69, 9.17) is 11.6 Å². The van der Waals surface area contributed by atoms with Crippen LogP contribution < -0.4 is 0 Å². The molecule has 27 heavy (non-hydrogen) atoms. The van der Waals surface area contributed by atoms with Gasteiger partial charge >= 0.3 is 0 Å². The minimum absolute atomic E-state index is 0.00428. The van der Waals surface area contributed by atoms with Crippen LogP contribution in [0.2, 0.25) is 5.02 Å². The monoisotopic (exact) mass is 390 g/mol. The lowest BCUT2D eigenvalue weighted by Crippen LogP contribution is -2.53. The number of halogens is 3. The van der Waals surface area contributed by atoms with Crippen molar-refractivity contribution in [2.24, 2.45) is 0 Å². The van der Waals surface area contributed by atoms with Gasteiger partial charge in [0.15, 0.2) is 0 Å². The summed E-state index contributed by atoms with van der Waals surface area (Å²) in [5.74, 6) is -1.16. The van der Waals surface area contributed by atoms with Crippen LogP contribution in [0.15, 0.2) is 48.5 Å². The van der Waals surface area contributed by atoms with Crippen molar-refractivity contribution in [1.29, 1.82) is 0 Å². The summed E-state index contributed by atoms with van der Waals surface area (Å²) in [6, 6.07) is 10.9. The first-order valence-electron chi connectivity index (χ1n) is 8.83. The molecule has 0 N–H and O–H groups in total. The van der Waals surface area contributed by atoms with Gasteiger partial charge in [-0.25, -0.2) is 8.78 Å². The Balaban J connectivity index is 1.57. The Hall–Kier alpha value is -2.24. The summed E-state index contributed by atoms with van der Waals surface area (Å²) in [6.07, 6.45) is 3.33. The molecule has 2 aromatic rings. The summed E-state index contributed by atoms with van der Waals surface area (Å²) in [4.78, 5) is 16.4. The van der Waals surface area contributed by atoms with Gasteiger partial charge in [0, 0.05) is 54.9 Å². The van der Waals surface area contributed by atoms with Crippen molar-refractivity contribution in [3.8, 4) is 0 Å². The average Bonchev–Trinajstić information content (AvgIpc) is 2.63. The first-order valence-corrected chi connectivity index (χ1v) is 9.20. The SMILES string of the molecule is CC1CN(Cc2ccc(F)cc2F)CCN1C(=O)/C=C/c1ccc(Cl)cc1. The maximum atomic E-state index is 13.8. The lowest BCUT2D eigenvalue weighted by molar-refractivity contribution is -0.130. The van der Waals surface area contributed by atoms with Crippen molar-refractivity contribution in [3.05, 3.63) is 76.3 Å². The molecular formula is C21H21ClF2N2O. The predicted octanol–water partition coefficient (Wildman–Crippen LogP) is 4.36. The van der Waals surface area contributed by atoms with E-state index in [1.807, 2.05) is 24.0 Å². The standard InChI is InChI=1S/C21H21ClF2N2O/c1-15-13-25(14-17-5-8-19(23)12-20(17)24)10-11-26(15)21(27)9-4-16-2-6-18(22)7-3-16/h2-9,12,15H,10-11,13-14H2,1H3/b9-4+. The van der Waals surface area contributed by atoms with Crippen molar-refractivity contribution in [2.45, 2.75) is 19.5 Å². The van der Waals surface area contributed by atoms with Gasteiger partial charge in [-0.15, -0.1) is 0 Å². The number of carbonyl (C=O) groups is 1. The van der Waals surface area contributed by atoms with Crippen LogP contribution in [0.5, 0.6) is 0 Å². The maximum absolute atomic E-state index is 13.8. The third-order valence-corrected chi connectivity index (χ3v) is 4.94. The van der Waals surface area contributed by atoms with Gasteiger partial charge in [-0.05, 0) is 36.8 Å². The normalized spacial score (nSPS) is 18.2. The molecule has 2 aromatic carbocycles. The second kappa shape index (κ2) is 8.63. The van der Waals surface area contributed by atoms with E-state index in [2.05, 4.69) is 4.90 Å². The highest BCUT2D eigenvalue weighted by molar-refractivity contribution is 6.30. The third-order valence-electron chi connectivity index (χ3n) is 4.69. The van der Waals surface area contributed by atoms with E-state index < -0.39 is 11.6 Å². The van der Waals surface area contributed by atoms with E-state index in [1.165, 1.54) is 12.1 Å². The van der Waals surface area contributed by atoms with Gasteiger partial charge in [0.05, 0.1) is 0 Å². The smallest absolute Gasteiger partial charge is 0.246 e. The first kappa shape index (κ1) is 19.5. The van der Waals surface area contributed by atoms with Crippen LogP contribution in [0, 0.1) is 11.6 Å². The molecule has 3 nitrogen and oxygen atoms in total. The summed E-state index contributed by atoms with van der Waals surface area (Å²) >= 11 is 5.86. The molecule has 142 valence electrons. The molecule has 0 aromatic heterocycles. The number of hydrogen-bond acceptors (Lipinski definition) is 2. The molecule has 1 aliphatic rings. The van der Waals surface area contributed by atoms with Gasteiger partial charge in [0.25, 0.3) is 0 Å². The van der Waals surface area contributed by atoms with Crippen molar-refractivity contribution < 1.29 is 13.6 Å². The van der Waals surface area contributed by atoms with Crippen molar-refractivity contribution in [2.75, 3.05) is 19.6 Å². The van der Waals surface area contributed by atoms with Gasteiger partial charge in [-0.3, -0.25) is 9.69 Å². The number of carbonyl (C=O) groups excluding carboxylic acids is 1. The van der Waals surface area contributed by atoms with E-state index in [0.717, 1.165) is 11.6 Å². The Bertz CT molecular complexity index is 839. The molecule has 1 unspecified atom stereocenters. The molecule has 1 atom stereocenters. The van der Waals surface area contributed by atoms with Crippen LogP contribution in [0.1, 0.15) is 18.1 Å². The van der Waals surface area contributed by atoms with Gasteiger partial charge in [-0.2, -0.15) is 0 Å². The number of benzene rings is 2. The maximum Gasteiger partial charge on any atom is 0.246 e. The Morgan fingerprint density at radius 1 is 1.19 bits per heavy atom. The molecule has 0 bridgehead atoms. The molecule has 1 amide bonds. The largest absolute Gasteiger partial charge is 0.334 e. The Morgan fingerprint density at radius 3 is 2.59 bits per heavy atom. The zero-order valence-electron chi connectivity index (χ0n) is 15.0. The lowest BCUT2D eigenvalue weighted by Gasteiger charge is -2.39. The Kier molecular flexibility index (Phi) is 6.24. The number of hydrogen-bond donors (Lipinski definition) is 0. The van der Waals surface area contributed by atoms with Gasteiger partial charge in [0.2, 0.25) is 5.91 Å². The first-order chi connectivity index (χ1) is 12.9. The molecule has 0 radical (unpaired) electrons. The minimum Gasteiger partial charge on any atom is -0.334 e. The summed E-state index contributed by atoms with van der Waals surface area (Å²) in [7, 11) is 0. The topological polar surface area (TPSA) is 23.6 Å².